The van der Waals surface area contributed by atoms with Gasteiger partial charge in [-0.05, 0) is 18.2 Å². The van der Waals surface area contributed by atoms with Gasteiger partial charge in [0.15, 0.2) is 0 Å². The molecule has 2 aromatic rings. The molecule has 1 heterocycles. The summed E-state index contributed by atoms with van der Waals surface area (Å²) in [5.74, 6) is -0.548. The summed E-state index contributed by atoms with van der Waals surface area (Å²) in [6, 6.07) is 8.24. The summed E-state index contributed by atoms with van der Waals surface area (Å²) in [6.07, 6.45) is -3.72. The molecule has 0 spiro atoms. The molecule has 21 heavy (non-hydrogen) atoms. The number of anilines is 1. The highest BCUT2D eigenvalue weighted by Gasteiger charge is 2.32. The van der Waals surface area contributed by atoms with E-state index in [0.717, 1.165) is 6.20 Å². The first kappa shape index (κ1) is 14.6. The summed E-state index contributed by atoms with van der Waals surface area (Å²) in [5.41, 5.74) is -0.679. The monoisotopic (exact) mass is 295 g/mol. The molecule has 0 radical (unpaired) electrons. The first-order valence-electron chi connectivity index (χ1n) is 5.63. The second-order valence-electron chi connectivity index (χ2n) is 3.74. The van der Waals surface area contributed by atoms with Gasteiger partial charge in [0.05, 0.1) is 0 Å². The van der Waals surface area contributed by atoms with Crippen LogP contribution in [-0.2, 0) is 6.18 Å². The average Bonchev–Trinajstić information content (AvgIpc) is 2.46. The molecule has 0 atom stereocenters. The van der Waals surface area contributed by atoms with Gasteiger partial charge >= 0.3 is 12.2 Å². The number of hydrogen-bond donors (Lipinski definition) is 1. The Morgan fingerprint density at radius 3 is 2.52 bits per heavy atom. The number of rotatable bonds is 2. The molecule has 6 nitrogen and oxygen atoms in total. The van der Waals surface area contributed by atoms with Crippen LogP contribution in [0.5, 0.6) is 0 Å². The lowest BCUT2D eigenvalue weighted by Crippen LogP contribution is -2.08. The molecule has 2 rings (SSSR count). The third-order valence-electron chi connectivity index (χ3n) is 2.19. The predicted molar refractivity (Wildman–Crippen MR) is 67.0 cm³/mol. The number of hydrogen-bond acceptors (Lipinski definition) is 4. The second kappa shape index (κ2) is 6.07. The Morgan fingerprint density at radius 1 is 1.14 bits per heavy atom. The minimum Gasteiger partial charge on any atom is -0.305 e. The number of carbonyl (C=O) groups excluding carboxylic acids is 1. The van der Waals surface area contributed by atoms with Crippen LogP contribution in [0.1, 0.15) is 5.69 Å². The first-order chi connectivity index (χ1) is 9.95. The van der Waals surface area contributed by atoms with Gasteiger partial charge in [-0.1, -0.05) is 23.3 Å². The van der Waals surface area contributed by atoms with Gasteiger partial charge in [-0.3, -0.25) is 0 Å². The third kappa shape index (κ3) is 4.34. The molecule has 0 saturated heterocycles. The number of para-hydroxylation sites is 1. The lowest BCUT2D eigenvalue weighted by Gasteiger charge is -2.04. The molecule has 0 fully saturated rings. The maximum absolute atomic E-state index is 12.4. The summed E-state index contributed by atoms with van der Waals surface area (Å²) < 4.78 is 37.2. The van der Waals surface area contributed by atoms with E-state index in [1.807, 2.05) is 0 Å². The molecule has 0 bridgehead atoms. The summed E-state index contributed by atoms with van der Waals surface area (Å²) in [7, 11) is 0. The van der Waals surface area contributed by atoms with Crippen molar-refractivity contribution < 1.29 is 18.0 Å². The van der Waals surface area contributed by atoms with Gasteiger partial charge in [-0.2, -0.15) is 13.2 Å². The van der Waals surface area contributed by atoms with Gasteiger partial charge < -0.3 is 5.32 Å². The third-order valence-corrected chi connectivity index (χ3v) is 2.19. The molecule has 1 aromatic carbocycles. The minimum atomic E-state index is -4.61. The Hall–Kier alpha value is -2.84. The molecular formula is C12H8F3N5O. The van der Waals surface area contributed by atoms with Crippen LogP contribution in [0.15, 0.2) is 52.8 Å². The fourth-order valence-electron chi connectivity index (χ4n) is 1.31. The average molecular weight is 295 g/mol. The molecular weight excluding hydrogens is 287 g/mol. The van der Waals surface area contributed by atoms with E-state index in [9.17, 15) is 18.0 Å². The van der Waals surface area contributed by atoms with Crippen LogP contribution < -0.4 is 5.32 Å². The molecule has 108 valence electrons. The highest BCUT2D eigenvalue weighted by atomic mass is 19.4. The topological polar surface area (TPSA) is 79.6 Å². The normalized spacial score (nSPS) is 11.6. The summed E-state index contributed by atoms with van der Waals surface area (Å²) in [5, 5.41) is 8.84. The van der Waals surface area contributed by atoms with E-state index < -0.39 is 23.8 Å². The first-order valence-corrected chi connectivity index (χ1v) is 5.63. The lowest BCUT2D eigenvalue weighted by molar-refractivity contribution is -0.141. The van der Waals surface area contributed by atoms with Crippen molar-refractivity contribution in [2.24, 2.45) is 10.2 Å². The zero-order valence-electron chi connectivity index (χ0n) is 10.4. The van der Waals surface area contributed by atoms with Crippen molar-refractivity contribution in [1.29, 1.82) is 0 Å². The van der Waals surface area contributed by atoms with Gasteiger partial charge in [0.2, 0.25) is 0 Å². The zero-order valence-corrected chi connectivity index (χ0v) is 10.4. The Morgan fingerprint density at radius 2 is 1.86 bits per heavy atom. The lowest BCUT2D eigenvalue weighted by atomic mass is 10.3. The van der Waals surface area contributed by atoms with Crippen molar-refractivity contribution in [3.8, 4) is 0 Å². The Balaban J connectivity index is 2.06. The minimum absolute atomic E-state index is 0.478. The largest absolute Gasteiger partial charge is 0.433 e. The maximum Gasteiger partial charge on any atom is 0.433 e. The number of carbonyl (C=O) groups is 1. The van der Waals surface area contributed by atoms with Crippen molar-refractivity contribution in [2.75, 3.05) is 5.32 Å². The highest BCUT2D eigenvalue weighted by molar-refractivity contribution is 5.89. The van der Waals surface area contributed by atoms with Crippen molar-refractivity contribution in [2.45, 2.75) is 6.18 Å². The highest BCUT2D eigenvalue weighted by Crippen LogP contribution is 2.27. The summed E-state index contributed by atoms with van der Waals surface area (Å²) >= 11 is 0. The number of halogens is 3. The van der Waals surface area contributed by atoms with Crippen molar-refractivity contribution in [3.63, 3.8) is 0 Å². The number of aromatic nitrogens is 2. The molecule has 2 amide bonds. The van der Waals surface area contributed by atoms with E-state index in [2.05, 4.69) is 25.5 Å². The van der Waals surface area contributed by atoms with Crippen LogP contribution >= 0.6 is 0 Å². The molecule has 9 heteroatoms. The molecule has 0 aliphatic carbocycles. The summed E-state index contributed by atoms with van der Waals surface area (Å²) in [6.45, 7) is 0. The van der Waals surface area contributed by atoms with Gasteiger partial charge in [-0.25, -0.2) is 14.8 Å². The van der Waals surface area contributed by atoms with E-state index in [4.69, 9.17) is 0 Å². The Labute approximate surface area is 116 Å². The maximum atomic E-state index is 12.4. The molecule has 1 N–H and O–H groups in total. The second-order valence-corrected chi connectivity index (χ2v) is 3.74. The smallest absolute Gasteiger partial charge is 0.305 e. The van der Waals surface area contributed by atoms with E-state index in [-0.39, 0.29) is 0 Å². The van der Waals surface area contributed by atoms with E-state index in [1.165, 1.54) is 0 Å². The van der Waals surface area contributed by atoms with Gasteiger partial charge in [0.1, 0.15) is 5.69 Å². The predicted octanol–water partition coefficient (Wildman–Crippen LogP) is 3.81. The van der Waals surface area contributed by atoms with Gasteiger partial charge in [0, 0.05) is 11.9 Å². The Kier molecular flexibility index (Phi) is 4.21. The van der Waals surface area contributed by atoms with Gasteiger partial charge in [-0.15, -0.1) is 5.11 Å². The van der Waals surface area contributed by atoms with Crippen LogP contribution in [0.25, 0.3) is 0 Å². The number of amides is 2. The molecule has 0 aliphatic rings. The van der Waals surface area contributed by atoms with Crippen molar-refractivity contribution in [1.82, 2.24) is 9.97 Å². The SMILES string of the molecule is O=C(N=Nc1nccc(C(F)(F)F)n1)Nc1ccccc1. The van der Waals surface area contributed by atoms with E-state index >= 15 is 0 Å². The van der Waals surface area contributed by atoms with Crippen LogP contribution in [0.2, 0.25) is 0 Å². The Bertz CT molecular complexity index is 657. The molecule has 0 unspecified atom stereocenters. The number of nitrogens with one attached hydrogen (secondary N) is 1. The van der Waals surface area contributed by atoms with Crippen LogP contribution in [0, 0.1) is 0 Å². The van der Waals surface area contributed by atoms with E-state index in [1.54, 1.807) is 30.3 Å². The van der Waals surface area contributed by atoms with Crippen LogP contribution in [0.3, 0.4) is 0 Å². The molecule has 0 aliphatic heterocycles. The van der Waals surface area contributed by atoms with Crippen LogP contribution in [-0.4, -0.2) is 16.0 Å². The van der Waals surface area contributed by atoms with E-state index in [0.29, 0.717) is 11.8 Å². The molecule has 1 aromatic heterocycles. The summed E-state index contributed by atoms with van der Waals surface area (Å²) in [4.78, 5) is 18.0. The molecule has 0 saturated carbocycles. The number of alkyl halides is 3. The quantitative estimate of drug-likeness (QED) is 0.855. The van der Waals surface area contributed by atoms with Crippen LogP contribution in [0.4, 0.5) is 29.6 Å². The number of azo groups is 1. The number of nitrogens with zero attached hydrogens (tertiary/aromatic N) is 4. The van der Waals surface area contributed by atoms with Gasteiger partial charge in [0.25, 0.3) is 5.95 Å². The number of urea groups is 1. The zero-order chi connectivity index (χ0) is 15.3. The van der Waals surface area contributed by atoms with Crippen molar-refractivity contribution >= 4 is 17.7 Å². The standard InChI is InChI=1S/C12H8F3N5O/c13-12(14,15)9-6-7-16-10(18-9)19-20-11(21)17-8-4-2-1-3-5-8/h1-7H,(H,17,21). The fourth-order valence-corrected chi connectivity index (χ4v) is 1.31. The van der Waals surface area contributed by atoms with Crippen molar-refractivity contribution in [3.05, 3.63) is 48.3 Å². The fraction of sp³-hybridized carbons (Fsp3) is 0.0833. The number of benzene rings is 1.